The summed E-state index contributed by atoms with van der Waals surface area (Å²) >= 11 is 0. The predicted octanol–water partition coefficient (Wildman–Crippen LogP) is 2.71. The Morgan fingerprint density at radius 1 is 1.44 bits per heavy atom. The zero-order valence-electron chi connectivity index (χ0n) is 8.78. The molecule has 3 nitrogen and oxygen atoms in total. The van der Waals surface area contributed by atoms with Crippen molar-refractivity contribution in [2.75, 3.05) is 6.61 Å². The van der Waals surface area contributed by atoms with E-state index in [9.17, 15) is 9.18 Å². The molecular formula is C12H12FNO2. The monoisotopic (exact) mass is 221 g/mol. The number of hydrogen-bond acceptors (Lipinski definition) is 3. The lowest BCUT2D eigenvalue weighted by Gasteiger charge is -2.08. The molecule has 0 aliphatic rings. The molecule has 0 fully saturated rings. The van der Waals surface area contributed by atoms with Crippen molar-refractivity contribution < 1.29 is 13.9 Å². The molecular weight excluding hydrogens is 209 g/mol. The van der Waals surface area contributed by atoms with E-state index >= 15 is 0 Å². The molecule has 4 heteroatoms. The standard InChI is InChI=1S/C12H12FNO2/c13-11-6-4-5-10(9-15)12(11)16-8-3-1-2-7-14/h4-6,9H,1-3,8H2. The van der Waals surface area contributed by atoms with E-state index in [0.29, 0.717) is 32.2 Å². The molecule has 0 saturated heterocycles. The Bertz CT molecular complexity index is 398. The molecule has 0 heterocycles. The summed E-state index contributed by atoms with van der Waals surface area (Å²) < 4.78 is 18.5. The van der Waals surface area contributed by atoms with Gasteiger partial charge in [0.25, 0.3) is 0 Å². The van der Waals surface area contributed by atoms with E-state index in [0.717, 1.165) is 0 Å². The number of benzene rings is 1. The second kappa shape index (κ2) is 6.57. The number of nitriles is 1. The Morgan fingerprint density at radius 2 is 2.25 bits per heavy atom. The largest absolute Gasteiger partial charge is 0.490 e. The summed E-state index contributed by atoms with van der Waals surface area (Å²) in [5.74, 6) is -0.542. The minimum absolute atomic E-state index is 0.00513. The SMILES string of the molecule is N#CCCCCOc1c(F)cccc1C=O. The van der Waals surface area contributed by atoms with Crippen LogP contribution in [0.2, 0.25) is 0 Å². The van der Waals surface area contributed by atoms with Crippen LogP contribution in [0.5, 0.6) is 5.75 Å². The van der Waals surface area contributed by atoms with Gasteiger partial charge in [-0.1, -0.05) is 6.07 Å². The summed E-state index contributed by atoms with van der Waals surface area (Å²) in [7, 11) is 0. The highest BCUT2D eigenvalue weighted by molar-refractivity contribution is 5.79. The van der Waals surface area contributed by atoms with Gasteiger partial charge in [0.2, 0.25) is 0 Å². The molecule has 0 N–H and O–H groups in total. The van der Waals surface area contributed by atoms with Crippen LogP contribution in [-0.4, -0.2) is 12.9 Å². The first kappa shape index (κ1) is 12.2. The smallest absolute Gasteiger partial charge is 0.165 e. The average molecular weight is 221 g/mol. The van der Waals surface area contributed by atoms with Crippen molar-refractivity contribution in [3.8, 4) is 11.8 Å². The van der Waals surface area contributed by atoms with Crippen molar-refractivity contribution >= 4 is 6.29 Å². The van der Waals surface area contributed by atoms with Gasteiger partial charge >= 0.3 is 0 Å². The van der Waals surface area contributed by atoms with Gasteiger partial charge in [0.1, 0.15) is 0 Å². The van der Waals surface area contributed by atoms with Gasteiger partial charge in [0.05, 0.1) is 18.2 Å². The Hall–Kier alpha value is -1.89. The highest BCUT2D eigenvalue weighted by Gasteiger charge is 2.08. The molecule has 1 rings (SSSR count). The van der Waals surface area contributed by atoms with Crippen molar-refractivity contribution in [1.29, 1.82) is 5.26 Å². The third kappa shape index (κ3) is 3.35. The number of para-hydroxylation sites is 1. The van der Waals surface area contributed by atoms with Crippen molar-refractivity contribution in [3.05, 3.63) is 29.6 Å². The molecule has 0 amide bonds. The van der Waals surface area contributed by atoms with E-state index in [1.807, 2.05) is 6.07 Å². The molecule has 0 bridgehead atoms. The van der Waals surface area contributed by atoms with E-state index in [4.69, 9.17) is 10.00 Å². The summed E-state index contributed by atoms with van der Waals surface area (Å²) in [5, 5.41) is 8.31. The van der Waals surface area contributed by atoms with Crippen LogP contribution in [0.3, 0.4) is 0 Å². The number of carbonyl (C=O) groups is 1. The Labute approximate surface area is 93.5 Å². The van der Waals surface area contributed by atoms with Gasteiger partial charge in [-0.3, -0.25) is 4.79 Å². The number of nitrogens with zero attached hydrogens (tertiary/aromatic N) is 1. The molecule has 0 aliphatic heterocycles. The summed E-state index contributed by atoms with van der Waals surface area (Å²) in [4.78, 5) is 10.6. The third-order valence-electron chi connectivity index (χ3n) is 2.05. The molecule has 0 atom stereocenters. The zero-order valence-corrected chi connectivity index (χ0v) is 8.78. The maximum absolute atomic E-state index is 13.3. The minimum atomic E-state index is -0.537. The first-order valence-corrected chi connectivity index (χ1v) is 5.03. The molecule has 1 aromatic carbocycles. The lowest BCUT2D eigenvalue weighted by atomic mass is 10.2. The number of halogens is 1. The molecule has 0 radical (unpaired) electrons. The van der Waals surface area contributed by atoms with E-state index in [2.05, 4.69) is 0 Å². The van der Waals surface area contributed by atoms with Gasteiger partial charge in [-0.2, -0.15) is 5.26 Å². The minimum Gasteiger partial charge on any atom is -0.490 e. The molecule has 0 aliphatic carbocycles. The Balaban J connectivity index is 2.53. The molecule has 0 unspecified atom stereocenters. The molecule has 16 heavy (non-hydrogen) atoms. The van der Waals surface area contributed by atoms with Gasteiger partial charge in [0, 0.05) is 6.42 Å². The van der Waals surface area contributed by atoms with E-state index < -0.39 is 5.82 Å². The van der Waals surface area contributed by atoms with E-state index in [-0.39, 0.29) is 11.3 Å². The Kier molecular flexibility index (Phi) is 5.00. The lowest BCUT2D eigenvalue weighted by Crippen LogP contribution is -2.02. The molecule has 0 saturated carbocycles. The van der Waals surface area contributed by atoms with Crippen LogP contribution in [0, 0.1) is 17.1 Å². The number of ether oxygens (including phenoxy) is 1. The highest BCUT2D eigenvalue weighted by atomic mass is 19.1. The van der Waals surface area contributed by atoms with E-state index in [1.165, 1.54) is 18.2 Å². The summed E-state index contributed by atoms with van der Waals surface area (Å²) in [6.45, 7) is 0.309. The fourth-order valence-corrected chi connectivity index (χ4v) is 1.25. The first-order chi connectivity index (χ1) is 7.79. The first-order valence-electron chi connectivity index (χ1n) is 5.03. The van der Waals surface area contributed by atoms with Crippen molar-refractivity contribution in [1.82, 2.24) is 0 Å². The fraction of sp³-hybridized carbons (Fsp3) is 0.333. The van der Waals surface area contributed by atoms with Gasteiger partial charge in [0.15, 0.2) is 17.9 Å². The van der Waals surface area contributed by atoms with E-state index in [1.54, 1.807) is 0 Å². The maximum Gasteiger partial charge on any atom is 0.165 e. The van der Waals surface area contributed by atoms with Gasteiger partial charge in [-0.05, 0) is 25.0 Å². The van der Waals surface area contributed by atoms with Crippen LogP contribution < -0.4 is 4.74 Å². The van der Waals surface area contributed by atoms with Crippen molar-refractivity contribution in [2.45, 2.75) is 19.3 Å². The predicted molar refractivity (Wildman–Crippen MR) is 56.7 cm³/mol. The fourth-order valence-electron chi connectivity index (χ4n) is 1.25. The lowest BCUT2D eigenvalue weighted by molar-refractivity contribution is 0.111. The summed E-state index contributed by atoms with van der Waals surface area (Å²) in [6.07, 6.45) is 2.40. The molecule has 0 spiro atoms. The number of unbranched alkanes of at least 4 members (excludes halogenated alkanes) is 2. The number of hydrogen-bond donors (Lipinski definition) is 0. The van der Waals surface area contributed by atoms with Gasteiger partial charge < -0.3 is 4.74 Å². The van der Waals surface area contributed by atoms with Gasteiger partial charge in [-0.25, -0.2) is 4.39 Å². The maximum atomic E-state index is 13.3. The van der Waals surface area contributed by atoms with Crippen LogP contribution >= 0.6 is 0 Å². The number of aldehydes is 1. The molecule has 1 aromatic rings. The second-order valence-electron chi connectivity index (χ2n) is 3.24. The number of rotatable bonds is 6. The third-order valence-corrected chi connectivity index (χ3v) is 2.05. The van der Waals surface area contributed by atoms with Crippen LogP contribution in [0.4, 0.5) is 4.39 Å². The van der Waals surface area contributed by atoms with Crippen LogP contribution in [0.1, 0.15) is 29.6 Å². The van der Waals surface area contributed by atoms with Crippen LogP contribution in [0.15, 0.2) is 18.2 Å². The van der Waals surface area contributed by atoms with Crippen LogP contribution in [0.25, 0.3) is 0 Å². The summed E-state index contributed by atoms with van der Waals surface area (Å²) in [6, 6.07) is 6.22. The highest BCUT2D eigenvalue weighted by Crippen LogP contribution is 2.21. The summed E-state index contributed by atoms with van der Waals surface area (Å²) in [5.41, 5.74) is 0.209. The second-order valence-corrected chi connectivity index (χ2v) is 3.24. The topological polar surface area (TPSA) is 50.1 Å². The van der Waals surface area contributed by atoms with Crippen LogP contribution in [-0.2, 0) is 0 Å². The average Bonchev–Trinajstić information content (AvgIpc) is 2.30. The quantitative estimate of drug-likeness (QED) is 0.548. The van der Waals surface area contributed by atoms with Crippen molar-refractivity contribution in [3.63, 3.8) is 0 Å². The number of carbonyl (C=O) groups excluding carboxylic acids is 1. The van der Waals surface area contributed by atoms with Gasteiger partial charge in [-0.15, -0.1) is 0 Å². The Morgan fingerprint density at radius 3 is 2.94 bits per heavy atom. The molecule has 84 valence electrons. The zero-order chi connectivity index (χ0) is 11.8. The van der Waals surface area contributed by atoms with Crippen molar-refractivity contribution in [2.24, 2.45) is 0 Å². The normalized spacial score (nSPS) is 9.50. The molecule has 0 aromatic heterocycles.